The van der Waals surface area contributed by atoms with Gasteiger partial charge in [0.1, 0.15) is 5.75 Å². The Morgan fingerprint density at radius 2 is 2.18 bits per heavy atom. The van der Waals surface area contributed by atoms with Crippen molar-refractivity contribution in [3.8, 4) is 5.75 Å². The first-order valence-electron chi connectivity index (χ1n) is 5.62. The fourth-order valence-electron chi connectivity index (χ4n) is 2.46. The number of nitrogens with one attached hydrogen (secondary N) is 1. The predicted molar refractivity (Wildman–Crippen MR) is 67.1 cm³/mol. The molecule has 3 rings (SSSR count). The average Bonchev–Trinajstić information content (AvgIpc) is 2.66. The highest BCUT2D eigenvalue weighted by Crippen LogP contribution is 2.35. The maximum atomic E-state index is 12.0. The molecule has 0 aliphatic heterocycles. The Morgan fingerprint density at radius 1 is 1.35 bits per heavy atom. The number of halogens is 1. The number of methoxy groups -OCH3 is 1. The number of rotatable bonds is 1. The molecular weight excluding hydrogens is 238 g/mol. The maximum absolute atomic E-state index is 12.0. The molecule has 1 aromatic heterocycles. The van der Waals surface area contributed by atoms with Crippen molar-refractivity contribution in [3.63, 3.8) is 0 Å². The number of hydrogen-bond donors (Lipinski definition) is 1. The van der Waals surface area contributed by atoms with Crippen LogP contribution in [0, 0.1) is 0 Å². The normalized spacial score (nSPS) is 15.1. The Bertz CT molecular complexity index is 615. The third-order valence-corrected chi connectivity index (χ3v) is 3.55. The molecule has 1 aromatic carbocycles. The van der Waals surface area contributed by atoms with Gasteiger partial charge in [0.05, 0.1) is 12.1 Å². The highest BCUT2D eigenvalue weighted by atomic mass is 35.5. The molecule has 0 amide bonds. The number of benzene rings is 1. The Morgan fingerprint density at radius 3 is 2.94 bits per heavy atom. The van der Waals surface area contributed by atoms with Gasteiger partial charge in [-0.15, -0.1) is 0 Å². The number of aromatic nitrogens is 1. The quantitative estimate of drug-likeness (QED) is 0.842. The molecule has 2 aromatic rings. The molecule has 1 aliphatic carbocycles. The summed E-state index contributed by atoms with van der Waals surface area (Å²) >= 11 is 6.07. The van der Waals surface area contributed by atoms with Crippen molar-refractivity contribution in [1.29, 1.82) is 0 Å². The largest absolute Gasteiger partial charge is 0.495 e. The number of aromatic amines is 1. The number of hydrogen-bond acceptors (Lipinski definition) is 2. The summed E-state index contributed by atoms with van der Waals surface area (Å²) in [5.74, 6) is 0.821. The summed E-state index contributed by atoms with van der Waals surface area (Å²) < 4.78 is 5.19. The third kappa shape index (κ3) is 1.53. The molecule has 0 saturated carbocycles. The third-order valence-electron chi connectivity index (χ3n) is 3.26. The lowest BCUT2D eigenvalue weighted by Gasteiger charge is -2.09. The van der Waals surface area contributed by atoms with Gasteiger partial charge in [-0.2, -0.15) is 0 Å². The second-order valence-corrected chi connectivity index (χ2v) is 4.69. The first kappa shape index (κ1) is 10.7. The van der Waals surface area contributed by atoms with Crippen molar-refractivity contribution in [1.82, 2.24) is 4.98 Å². The zero-order valence-corrected chi connectivity index (χ0v) is 10.2. The van der Waals surface area contributed by atoms with Crippen LogP contribution in [0.1, 0.15) is 28.9 Å². The van der Waals surface area contributed by atoms with Crippen molar-refractivity contribution >= 4 is 28.3 Å². The molecule has 0 unspecified atom stereocenters. The van der Waals surface area contributed by atoms with Crippen LogP contribution in [-0.4, -0.2) is 17.9 Å². The van der Waals surface area contributed by atoms with Gasteiger partial charge >= 0.3 is 0 Å². The number of aryl methyl sites for hydroxylation is 1. The maximum Gasteiger partial charge on any atom is 0.165 e. The van der Waals surface area contributed by atoms with Crippen LogP contribution < -0.4 is 4.74 Å². The molecule has 1 aliphatic rings. The number of H-pyrrole nitrogens is 1. The molecule has 17 heavy (non-hydrogen) atoms. The van der Waals surface area contributed by atoms with Crippen LogP contribution in [0.2, 0.25) is 5.02 Å². The lowest BCUT2D eigenvalue weighted by molar-refractivity contribution is 0.0974. The van der Waals surface area contributed by atoms with Crippen molar-refractivity contribution in [2.75, 3.05) is 7.11 Å². The summed E-state index contributed by atoms with van der Waals surface area (Å²) in [5.41, 5.74) is 2.76. The van der Waals surface area contributed by atoms with Crippen LogP contribution in [0.4, 0.5) is 0 Å². The average molecular weight is 250 g/mol. The first-order valence-corrected chi connectivity index (χ1v) is 6.00. The van der Waals surface area contributed by atoms with Crippen LogP contribution in [-0.2, 0) is 6.42 Å². The summed E-state index contributed by atoms with van der Waals surface area (Å²) in [5, 5.41) is 1.48. The predicted octanol–water partition coefficient (Wildman–Crippen LogP) is 3.35. The van der Waals surface area contributed by atoms with Crippen LogP contribution in [0.15, 0.2) is 12.1 Å². The minimum absolute atomic E-state index is 0.210. The van der Waals surface area contributed by atoms with Gasteiger partial charge in [0.2, 0.25) is 0 Å². The lowest BCUT2D eigenvalue weighted by Crippen LogP contribution is -2.09. The summed E-state index contributed by atoms with van der Waals surface area (Å²) in [7, 11) is 1.58. The van der Waals surface area contributed by atoms with Gasteiger partial charge in [0, 0.05) is 28.6 Å². The summed E-state index contributed by atoms with van der Waals surface area (Å²) in [4.78, 5) is 15.2. The highest BCUT2D eigenvalue weighted by Gasteiger charge is 2.23. The molecule has 88 valence electrons. The minimum Gasteiger partial charge on any atom is -0.495 e. The zero-order valence-electron chi connectivity index (χ0n) is 9.47. The van der Waals surface area contributed by atoms with E-state index in [0.717, 1.165) is 35.0 Å². The van der Waals surface area contributed by atoms with Crippen LogP contribution in [0.5, 0.6) is 5.75 Å². The van der Waals surface area contributed by atoms with Gasteiger partial charge in [-0.05, 0) is 25.0 Å². The van der Waals surface area contributed by atoms with Crippen LogP contribution in [0.3, 0.4) is 0 Å². The van der Waals surface area contributed by atoms with E-state index in [2.05, 4.69) is 4.98 Å². The van der Waals surface area contributed by atoms with Crippen molar-refractivity contribution in [2.45, 2.75) is 19.3 Å². The van der Waals surface area contributed by atoms with E-state index in [1.54, 1.807) is 7.11 Å². The second kappa shape index (κ2) is 3.77. The van der Waals surface area contributed by atoms with E-state index in [-0.39, 0.29) is 5.78 Å². The molecule has 1 N–H and O–H groups in total. The van der Waals surface area contributed by atoms with Gasteiger partial charge in [-0.1, -0.05) is 11.6 Å². The van der Waals surface area contributed by atoms with E-state index < -0.39 is 0 Å². The molecule has 0 spiro atoms. The second-order valence-electron chi connectivity index (χ2n) is 4.29. The Labute approximate surface area is 104 Å². The molecule has 0 atom stereocenters. The van der Waals surface area contributed by atoms with Crippen molar-refractivity contribution in [3.05, 3.63) is 28.4 Å². The molecule has 4 heteroatoms. The van der Waals surface area contributed by atoms with Crippen LogP contribution >= 0.6 is 11.6 Å². The van der Waals surface area contributed by atoms with Crippen molar-refractivity contribution < 1.29 is 9.53 Å². The first-order chi connectivity index (χ1) is 8.20. The standard InChI is InChI=1S/C13H12ClNO2/c1-17-12-5-7-10(6-8(12)14)15-9-3-2-4-11(16)13(7)9/h5-6,15H,2-4H2,1H3. The van der Waals surface area contributed by atoms with E-state index in [4.69, 9.17) is 16.3 Å². The van der Waals surface area contributed by atoms with Crippen molar-refractivity contribution in [2.24, 2.45) is 0 Å². The van der Waals surface area contributed by atoms with Crippen LogP contribution in [0.25, 0.3) is 10.9 Å². The van der Waals surface area contributed by atoms with Gasteiger partial charge in [0.15, 0.2) is 5.78 Å². The van der Waals surface area contributed by atoms with Gasteiger partial charge < -0.3 is 9.72 Å². The number of carbonyl (C=O) groups is 1. The van der Waals surface area contributed by atoms with E-state index in [9.17, 15) is 4.79 Å². The molecule has 3 nitrogen and oxygen atoms in total. The topological polar surface area (TPSA) is 42.1 Å². The SMILES string of the molecule is COc1cc2c3c([nH]c2cc1Cl)CCCC3=O. The Kier molecular flexibility index (Phi) is 2.37. The van der Waals surface area contributed by atoms with Gasteiger partial charge in [0.25, 0.3) is 0 Å². The fraction of sp³-hybridized carbons (Fsp3) is 0.308. The smallest absolute Gasteiger partial charge is 0.165 e. The summed E-state index contributed by atoms with van der Waals surface area (Å²) in [6.07, 6.45) is 2.48. The summed E-state index contributed by atoms with van der Waals surface area (Å²) in [6, 6.07) is 3.66. The number of carbonyl (C=O) groups excluding carboxylic acids is 1. The Balaban J connectivity index is 2.33. The minimum atomic E-state index is 0.210. The lowest BCUT2D eigenvalue weighted by atomic mass is 9.94. The molecule has 1 heterocycles. The molecule has 0 bridgehead atoms. The number of fused-ring (bicyclic) bond motifs is 3. The Hall–Kier alpha value is -1.48. The highest BCUT2D eigenvalue weighted by molar-refractivity contribution is 6.33. The van der Waals surface area contributed by atoms with E-state index in [0.29, 0.717) is 17.2 Å². The molecular formula is C13H12ClNO2. The fourth-order valence-corrected chi connectivity index (χ4v) is 2.71. The number of ether oxygens (including phenoxy) is 1. The van der Waals surface area contributed by atoms with E-state index in [1.165, 1.54) is 0 Å². The molecule has 0 fully saturated rings. The molecule has 0 saturated heterocycles. The van der Waals surface area contributed by atoms with E-state index in [1.807, 2.05) is 12.1 Å². The zero-order chi connectivity index (χ0) is 12.0. The monoisotopic (exact) mass is 249 g/mol. The van der Waals surface area contributed by atoms with Gasteiger partial charge in [-0.25, -0.2) is 0 Å². The number of ketones is 1. The van der Waals surface area contributed by atoms with E-state index >= 15 is 0 Å². The number of Topliss-reactive ketones (excluding diaryl/α,β-unsaturated/α-hetero) is 1. The summed E-state index contributed by atoms with van der Waals surface area (Å²) in [6.45, 7) is 0. The van der Waals surface area contributed by atoms with Gasteiger partial charge in [-0.3, -0.25) is 4.79 Å². The molecule has 0 radical (unpaired) electrons.